The van der Waals surface area contributed by atoms with Gasteiger partial charge in [0.2, 0.25) is 5.91 Å². The maximum Gasteiger partial charge on any atom is 0.239 e. The van der Waals surface area contributed by atoms with Crippen molar-refractivity contribution < 1.29 is 4.79 Å². The van der Waals surface area contributed by atoms with E-state index >= 15 is 0 Å². The first kappa shape index (κ1) is 12.9. The second kappa shape index (κ2) is 7.04. The minimum Gasteiger partial charge on any atom is -0.376 e. The molecule has 1 saturated carbocycles. The van der Waals surface area contributed by atoms with Crippen LogP contribution in [-0.4, -0.2) is 18.5 Å². The van der Waals surface area contributed by atoms with Gasteiger partial charge in [-0.3, -0.25) is 4.79 Å². The maximum absolute atomic E-state index is 11.8. The van der Waals surface area contributed by atoms with Gasteiger partial charge in [-0.15, -0.1) is 0 Å². The Morgan fingerprint density at radius 1 is 1.06 bits per heavy atom. The number of nitrogens with one attached hydrogen (secondary N) is 2. The average molecular weight is 246 g/mol. The van der Waals surface area contributed by atoms with Gasteiger partial charge in [0.25, 0.3) is 0 Å². The van der Waals surface area contributed by atoms with Crippen LogP contribution in [0.2, 0.25) is 0 Å². The molecule has 1 fully saturated rings. The van der Waals surface area contributed by atoms with Crippen molar-refractivity contribution in [2.45, 2.75) is 44.6 Å². The van der Waals surface area contributed by atoms with Crippen LogP contribution in [0.25, 0.3) is 0 Å². The van der Waals surface area contributed by atoms with Crippen LogP contribution in [0.1, 0.15) is 38.5 Å². The molecule has 0 atom stereocenters. The van der Waals surface area contributed by atoms with Crippen LogP contribution in [0.5, 0.6) is 0 Å². The number of carbonyl (C=O) groups is 1. The zero-order chi connectivity index (χ0) is 12.6. The van der Waals surface area contributed by atoms with E-state index in [9.17, 15) is 4.79 Å². The Bertz CT molecular complexity index is 356. The highest BCUT2D eigenvalue weighted by molar-refractivity contribution is 5.80. The summed E-state index contributed by atoms with van der Waals surface area (Å²) < 4.78 is 0. The molecule has 0 aliphatic heterocycles. The molecule has 0 spiro atoms. The zero-order valence-corrected chi connectivity index (χ0v) is 10.8. The summed E-state index contributed by atoms with van der Waals surface area (Å²) in [5.74, 6) is 0.103. The van der Waals surface area contributed by atoms with Gasteiger partial charge in [0.05, 0.1) is 6.54 Å². The highest BCUT2D eigenvalue weighted by atomic mass is 16.1. The molecular weight excluding hydrogens is 224 g/mol. The third-order valence-electron chi connectivity index (χ3n) is 3.45. The van der Waals surface area contributed by atoms with E-state index in [1.165, 1.54) is 25.7 Å². The van der Waals surface area contributed by atoms with Crippen molar-refractivity contribution in [3.8, 4) is 0 Å². The first-order valence-electron chi connectivity index (χ1n) is 6.93. The second-order valence-electron chi connectivity index (χ2n) is 4.98. The van der Waals surface area contributed by atoms with E-state index < -0.39 is 0 Å². The van der Waals surface area contributed by atoms with Crippen molar-refractivity contribution in [2.75, 3.05) is 11.9 Å². The summed E-state index contributed by atoms with van der Waals surface area (Å²) in [5.41, 5.74) is 0.994. The molecule has 3 heteroatoms. The van der Waals surface area contributed by atoms with Crippen molar-refractivity contribution in [1.29, 1.82) is 0 Å². The normalized spacial score (nSPS) is 16.9. The van der Waals surface area contributed by atoms with Crippen LogP contribution < -0.4 is 10.6 Å². The van der Waals surface area contributed by atoms with Crippen molar-refractivity contribution in [1.82, 2.24) is 5.32 Å². The Labute approximate surface area is 109 Å². The van der Waals surface area contributed by atoms with Gasteiger partial charge in [-0.2, -0.15) is 0 Å². The summed E-state index contributed by atoms with van der Waals surface area (Å²) in [5, 5.41) is 6.27. The first-order valence-corrected chi connectivity index (χ1v) is 6.93. The maximum atomic E-state index is 11.8. The number of amides is 1. The third kappa shape index (κ3) is 4.40. The predicted octanol–water partition coefficient (Wildman–Crippen LogP) is 2.94. The topological polar surface area (TPSA) is 41.1 Å². The molecule has 2 N–H and O–H groups in total. The van der Waals surface area contributed by atoms with E-state index in [1.54, 1.807) is 0 Å². The van der Waals surface area contributed by atoms with Crippen molar-refractivity contribution in [3.63, 3.8) is 0 Å². The summed E-state index contributed by atoms with van der Waals surface area (Å²) in [6.07, 6.45) is 7.39. The molecule has 3 nitrogen and oxygen atoms in total. The molecule has 1 aliphatic carbocycles. The van der Waals surface area contributed by atoms with Gasteiger partial charge in [0.1, 0.15) is 0 Å². The first-order chi connectivity index (χ1) is 8.84. The van der Waals surface area contributed by atoms with Crippen molar-refractivity contribution in [3.05, 3.63) is 30.3 Å². The molecule has 18 heavy (non-hydrogen) atoms. The fraction of sp³-hybridized carbons (Fsp3) is 0.533. The van der Waals surface area contributed by atoms with Gasteiger partial charge in [-0.25, -0.2) is 0 Å². The van der Waals surface area contributed by atoms with E-state index in [0.29, 0.717) is 12.6 Å². The van der Waals surface area contributed by atoms with Crippen LogP contribution in [0.3, 0.4) is 0 Å². The summed E-state index contributed by atoms with van der Waals surface area (Å²) in [4.78, 5) is 11.8. The molecule has 2 rings (SSSR count). The third-order valence-corrected chi connectivity index (χ3v) is 3.45. The molecule has 1 aliphatic rings. The van der Waals surface area contributed by atoms with Crippen LogP contribution in [0.15, 0.2) is 30.3 Å². The molecule has 1 aromatic carbocycles. The van der Waals surface area contributed by atoms with Crippen LogP contribution in [-0.2, 0) is 4.79 Å². The summed E-state index contributed by atoms with van der Waals surface area (Å²) >= 11 is 0. The van der Waals surface area contributed by atoms with E-state index in [-0.39, 0.29) is 5.91 Å². The fourth-order valence-corrected chi connectivity index (χ4v) is 2.44. The molecule has 0 heterocycles. The van der Waals surface area contributed by atoms with Crippen LogP contribution >= 0.6 is 0 Å². The van der Waals surface area contributed by atoms with Gasteiger partial charge < -0.3 is 10.6 Å². The lowest BCUT2D eigenvalue weighted by molar-refractivity contribution is -0.120. The number of hydrogen-bond acceptors (Lipinski definition) is 2. The summed E-state index contributed by atoms with van der Waals surface area (Å²) in [6.45, 7) is 0.362. The number of hydrogen-bond donors (Lipinski definition) is 2. The average Bonchev–Trinajstić information content (AvgIpc) is 2.66. The van der Waals surface area contributed by atoms with Crippen LogP contribution in [0.4, 0.5) is 5.69 Å². The van der Waals surface area contributed by atoms with Gasteiger partial charge in [0, 0.05) is 11.7 Å². The van der Waals surface area contributed by atoms with E-state index in [1.807, 2.05) is 30.3 Å². The van der Waals surface area contributed by atoms with E-state index in [4.69, 9.17) is 0 Å². The Kier molecular flexibility index (Phi) is 5.06. The zero-order valence-electron chi connectivity index (χ0n) is 10.8. The Balaban J connectivity index is 1.71. The lowest BCUT2D eigenvalue weighted by atomic mass is 10.1. The SMILES string of the molecule is O=C(CNc1ccccc1)NC1CCCCCC1. The molecule has 1 amide bonds. The molecule has 0 aromatic heterocycles. The Hall–Kier alpha value is -1.51. The largest absolute Gasteiger partial charge is 0.376 e. The number of benzene rings is 1. The lowest BCUT2D eigenvalue weighted by Gasteiger charge is -2.16. The number of rotatable bonds is 4. The predicted molar refractivity (Wildman–Crippen MR) is 74.6 cm³/mol. The highest BCUT2D eigenvalue weighted by Crippen LogP contribution is 2.17. The van der Waals surface area contributed by atoms with Gasteiger partial charge in [-0.05, 0) is 25.0 Å². The van der Waals surface area contributed by atoms with E-state index in [2.05, 4.69) is 10.6 Å². The smallest absolute Gasteiger partial charge is 0.239 e. The fourth-order valence-electron chi connectivity index (χ4n) is 2.44. The van der Waals surface area contributed by atoms with Crippen molar-refractivity contribution >= 4 is 11.6 Å². The molecular formula is C15H22N2O. The van der Waals surface area contributed by atoms with Gasteiger partial charge in [-0.1, -0.05) is 43.9 Å². The quantitative estimate of drug-likeness (QED) is 0.802. The Morgan fingerprint density at radius 3 is 2.39 bits per heavy atom. The molecule has 0 saturated heterocycles. The summed E-state index contributed by atoms with van der Waals surface area (Å²) in [7, 11) is 0. The lowest BCUT2D eigenvalue weighted by Crippen LogP contribution is -2.38. The van der Waals surface area contributed by atoms with Crippen LogP contribution in [0, 0.1) is 0 Å². The van der Waals surface area contributed by atoms with Gasteiger partial charge >= 0.3 is 0 Å². The molecule has 0 unspecified atom stereocenters. The van der Waals surface area contributed by atoms with Crippen molar-refractivity contribution in [2.24, 2.45) is 0 Å². The number of anilines is 1. The highest BCUT2D eigenvalue weighted by Gasteiger charge is 2.14. The molecule has 1 aromatic rings. The minimum absolute atomic E-state index is 0.103. The Morgan fingerprint density at radius 2 is 1.72 bits per heavy atom. The van der Waals surface area contributed by atoms with E-state index in [0.717, 1.165) is 18.5 Å². The van der Waals surface area contributed by atoms with Gasteiger partial charge in [0.15, 0.2) is 0 Å². The molecule has 0 bridgehead atoms. The molecule has 0 radical (unpaired) electrons. The standard InChI is InChI=1S/C15H22N2O/c18-15(12-16-13-8-6-3-7-9-13)17-14-10-4-1-2-5-11-14/h3,6-9,14,16H,1-2,4-5,10-12H2,(H,17,18). The minimum atomic E-state index is 0.103. The summed E-state index contributed by atoms with van der Waals surface area (Å²) in [6, 6.07) is 10.2. The number of carbonyl (C=O) groups excluding carboxylic acids is 1. The number of para-hydroxylation sites is 1. The second-order valence-corrected chi connectivity index (χ2v) is 4.98. The molecule has 98 valence electrons. The monoisotopic (exact) mass is 246 g/mol.